The molecule has 62 valence electrons. The van der Waals surface area contributed by atoms with Gasteiger partial charge in [-0.2, -0.15) is 0 Å². The minimum absolute atomic E-state index is 0.809. The van der Waals surface area contributed by atoms with Crippen LogP contribution in [0.5, 0.6) is 0 Å². The van der Waals surface area contributed by atoms with Crippen LogP contribution in [0.25, 0.3) is 10.2 Å². The minimum atomic E-state index is 0.809. The van der Waals surface area contributed by atoms with Crippen molar-refractivity contribution in [3.63, 3.8) is 0 Å². The molecule has 0 aliphatic carbocycles. The van der Waals surface area contributed by atoms with Crippen LogP contribution in [0.3, 0.4) is 0 Å². The number of hydrogen-bond acceptors (Lipinski definition) is 2. The van der Waals surface area contributed by atoms with Gasteiger partial charge >= 0.3 is 0 Å². The van der Waals surface area contributed by atoms with E-state index in [1.54, 1.807) is 11.3 Å². The highest BCUT2D eigenvalue weighted by molar-refractivity contribution is 9.11. The quantitative estimate of drug-likeness (QED) is 0.706. The van der Waals surface area contributed by atoms with E-state index >= 15 is 0 Å². The fourth-order valence-corrected chi connectivity index (χ4v) is 3.76. The Kier molecular flexibility index (Phi) is 2.37. The first kappa shape index (κ1) is 8.87. The van der Waals surface area contributed by atoms with Crippen molar-refractivity contribution in [1.29, 1.82) is 0 Å². The maximum Gasteiger partial charge on any atom is 0.159 e. The average Bonchev–Trinajstić information content (AvgIpc) is 2.29. The van der Waals surface area contributed by atoms with Gasteiger partial charge in [0.05, 0.1) is 10.2 Å². The standard InChI is InChI=1S/C7H3Br2NS2/c8-3-1-4(9)6-5(2-3)12-7(11)10-6/h1-2H,(H,10,11). The van der Waals surface area contributed by atoms with E-state index in [0.29, 0.717) is 0 Å². The number of H-pyrrole nitrogens is 1. The Labute approximate surface area is 95.1 Å². The van der Waals surface area contributed by atoms with Crippen molar-refractivity contribution in [3.8, 4) is 0 Å². The van der Waals surface area contributed by atoms with Crippen molar-refractivity contribution in [2.45, 2.75) is 0 Å². The van der Waals surface area contributed by atoms with E-state index < -0.39 is 0 Å². The number of halogens is 2. The zero-order chi connectivity index (χ0) is 8.72. The second-order valence-corrected chi connectivity index (χ2v) is 5.76. The summed E-state index contributed by atoms with van der Waals surface area (Å²) in [6, 6.07) is 4.05. The van der Waals surface area contributed by atoms with Crippen LogP contribution in [0.1, 0.15) is 0 Å². The highest BCUT2D eigenvalue weighted by atomic mass is 79.9. The number of rotatable bonds is 0. The molecule has 1 aromatic heterocycles. The summed E-state index contributed by atoms with van der Waals surface area (Å²) in [4.78, 5) is 3.12. The van der Waals surface area contributed by atoms with Gasteiger partial charge < -0.3 is 4.98 Å². The molecular formula is C7H3Br2NS2. The van der Waals surface area contributed by atoms with Crippen LogP contribution in [0.2, 0.25) is 0 Å². The normalized spacial score (nSPS) is 10.8. The summed E-state index contributed by atoms with van der Waals surface area (Å²) in [6.45, 7) is 0. The molecule has 0 bridgehead atoms. The summed E-state index contributed by atoms with van der Waals surface area (Å²) < 4.78 is 4.08. The molecule has 0 atom stereocenters. The van der Waals surface area contributed by atoms with Crippen LogP contribution in [0.4, 0.5) is 0 Å². The number of benzene rings is 1. The molecule has 5 heteroatoms. The molecule has 0 aliphatic heterocycles. The Balaban J connectivity index is 2.97. The van der Waals surface area contributed by atoms with Crippen molar-refractivity contribution in [2.75, 3.05) is 0 Å². The molecular weight excluding hydrogens is 322 g/mol. The molecule has 1 aromatic carbocycles. The van der Waals surface area contributed by atoms with Gasteiger partial charge in [0.1, 0.15) is 0 Å². The molecule has 0 saturated carbocycles. The van der Waals surface area contributed by atoms with Crippen molar-refractivity contribution < 1.29 is 0 Å². The Morgan fingerprint density at radius 2 is 2.08 bits per heavy atom. The highest BCUT2D eigenvalue weighted by Crippen LogP contribution is 2.30. The first-order valence-electron chi connectivity index (χ1n) is 3.15. The summed E-state index contributed by atoms with van der Waals surface area (Å²) >= 11 is 13.5. The molecule has 0 aliphatic rings. The third-order valence-corrected chi connectivity index (χ3v) is 3.71. The molecule has 1 heterocycles. The van der Waals surface area contributed by atoms with E-state index in [9.17, 15) is 0 Å². The zero-order valence-electron chi connectivity index (χ0n) is 5.73. The van der Waals surface area contributed by atoms with E-state index in [1.165, 1.54) is 4.70 Å². The summed E-state index contributed by atoms with van der Waals surface area (Å²) in [7, 11) is 0. The number of fused-ring (bicyclic) bond motifs is 1. The second kappa shape index (κ2) is 3.21. The van der Waals surface area contributed by atoms with Crippen LogP contribution in [0.15, 0.2) is 21.1 Å². The summed E-state index contributed by atoms with van der Waals surface area (Å²) in [5.74, 6) is 0. The number of aromatic amines is 1. The van der Waals surface area contributed by atoms with Crippen molar-refractivity contribution in [3.05, 3.63) is 25.0 Å². The predicted molar refractivity (Wildman–Crippen MR) is 62.4 cm³/mol. The molecule has 0 spiro atoms. The van der Waals surface area contributed by atoms with Crippen molar-refractivity contribution >= 4 is 65.6 Å². The maximum absolute atomic E-state index is 5.04. The molecule has 1 N–H and O–H groups in total. The molecule has 0 amide bonds. The second-order valence-electron chi connectivity index (χ2n) is 2.28. The highest BCUT2D eigenvalue weighted by Gasteiger charge is 2.02. The Morgan fingerprint density at radius 1 is 1.33 bits per heavy atom. The van der Waals surface area contributed by atoms with Crippen LogP contribution in [-0.4, -0.2) is 4.98 Å². The Bertz CT molecular complexity index is 486. The van der Waals surface area contributed by atoms with Gasteiger partial charge in [-0.15, -0.1) is 11.3 Å². The molecule has 2 rings (SSSR count). The first-order chi connectivity index (χ1) is 5.66. The van der Waals surface area contributed by atoms with Gasteiger partial charge in [-0.1, -0.05) is 15.9 Å². The largest absolute Gasteiger partial charge is 0.336 e. The van der Waals surface area contributed by atoms with E-state index in [4.69, 9.17) is 12.2 Å². The number of nitrogens with one attached hydrogen (secondary N) is 1. The third kappa shape index (κ3) is 1.51. The fourth-order valence-electron chi connectivity index (χ4n) is 0.979. The number of thiazole rings is 1. The molecule has 1 nitrogen and oxygen atoms in total. The van der Waals surface area contributed by atoms with Crippen molar-refractivity contribution in [1.82, 2.24) is 4.98 Å². The van der Waals surface area contributed by atoms with E-state index in [2.05, 4.69) is 42.9 Å². The van der Waals surface area contributed by atoms with Gasteiger partial charge in [0.25, 0.3) is 0 Å². The van der Waals surface area contributed by atoms with Gasteiger partial charge in [0, 0.05) is 8.95 Å². The van der Waals surface area contributed by atoms with E-state index in [-0.39, 0.29) is 0 Å². The van der Waals surface area contributed by atoms with E-state index in [1.807, 2.05) is 6.07 Å². The topological polar surface area (TPSA) is 15.8 Å². The van der Waals surface area contributed by atoms with Gasteiger partial charge in [-0.3, -0.25) is 0 Å². The molecule has 0 unspecified atom stereocenters. The molecule has 0 saturated heterocycles. The molecule has 0 radical (unpaired) electrons. The van der Waals surface area contributed by atoms with Crippen LogP contribution >= 0.6 is 55.4 Å². The fraction of sp³-hybridized carbons (Fsp3) is 0. The predicted octanol–water partition coefficient (Wildman–Crippen LogP) is 4.48. The van der Waals surface area contributed by atoms with Crippen LogP contribution < -0.4 is 0 Å². The zero-order valence-corrected chi connectivity index (χ0v) is 10.5. The molecule has 2 aromatic rings. The van der Waals surface area contributed by atoms with E-state index in [0.717, 1.165) is 18.4 Å². The van der Waals surface area contributed by atoms with Crippen LogP contribution in [-0.2, 0) is 0 Å². The molecule has 12 heavy (non-hydrogen) atoms. The van der Waals surface area contributed by atoms with Crippen LogP contribution in [0, 0.1) is 3.95 Å². The van der Waals surface area contributed by atoms with Gasteiger partial charge in [0.2, 0.25) is 0 Å². The summed E-state index contributed by atoms with van der Waals surface area (Å²) in [6.07, 6.45) is 0. The summed E-state index contributed by atoms with van der Waals surface area (Å²) in [5.41, 5.74) is 1.08. The molecule has 0 fully saturated rings. The lowest BCUT2D eigenvalue weighted by molar-refractivity contribution is 1.45. The lowest BCUT2D eigenvalue weighted by Crippen LogP contribution is -1.71. The monoisotopic (exact) mass is 323 g/mol. The van der Waals surface area contributed by atoms with Gasteiger partial charge in [0.15, 0.2) is 3.95 Å². The first-order valence-corrected chi connectivity index (χ1v) is 5.96. The van der Waals surface area contributed by atoms with Gasteiger partial charge in [-0.25, -0.2) is 0 Å². The lowest BCUT2D eigenvalue weighted by Gasteiger charge is -1.93. The third-order valence-electron chi connectivity index (χ3n) is 1.45. The lowest BCUT2D eigenvalue weighted by atomic mass is 10.3. The number of hydrogen-bond donors (Lipinski definition) is 1. The minimum Gasteiger partial charge on any atom is -0.336 e. The Hall–Kier alpha value is 0.290. The SMILES string of the molecule is S=c1[nH]c2c(Br)cc(Br)cc2s1. The maximum atomic E-state index is 5.04. The van der Waals surface area contributed by atoms with Crippen molar-refractivity contribution in [2.24, 2.45) is 0 Å². The smallest absolute Gasteiger partial charge is 0.159 e. The van der Waals surface area contributed by atoms with Gasteiger partial charge in [-0.05, 0) is 40.3 Å². The summed E-state index contributed by atoms with van der Waals surface area (Å²) in [5, 5.41) is 0. The number of aromatic nitrogens is 1. The Morgan fingerprint density at radius 3 is 2.83 bits per heavy atom. The average molecular weight is 325 g/mol.